The number of anilines is 4. The molecule has 0 saturated carbocycles. The molecule has 2 N–H and O–H groups in total. The van der Waals surface area contributed by atoms with Crippen molar-refractivity contribution in [2.75, 3.05) is 10.6 Å². The molecule has 2 heterocycles. The van der Waals surface area contributed by atoms with Crippen molar-refractivity contribution in [3.8, 4) is 28.4 Å². The lowest BCUT2D eigenvalue weighted by molar-refractivity contribution is 0.484. The predicted octanol–water partition coefficient (Wildman–Crippen LogP) is 12.1. The molecule has 0 fully saturated rings. The van der Waals surface area contributed by atoms with Crippen LogP contribution in [0.4, 0.5) is 22.7 Å². The highest BCUT2D eigenvalue weighted by molar-refractivity contribution is 6.14. The molecular formula is C44H36N4O. The quantitative estimate of drug-likeness (QED) is 0.174. The van der Waals surface area contributed by atoms with Crippen LogP contribution in [0.3, 0.4) is 0 Å². The normalized spacial score (nSPS) is 11.2. The van der Waals surface area contributed by atoms with Gasteiger partial charge in [0.25, 0.3) is 0 Å². The molecule has 238 valence electrons. The van der Waals surface area contributed by atoms with Crippen molar-refractivity contribution in [2.45, 2.75) is 20.8 Å². The highest BCUT2D eigenvalue weighted by Gasteiger charge is 2.19. The van der Waals surface area contributed by atoms with Gasteiger partial charge in [0.2, 0.25) is 0 Å². The van der Waals surface area contributed by atoms with E-state index < -0.39 is 0 Å². The van der Waals surface area contributed by atoms with Gasteiger partial charge in [0.05, 0.1) is 28.1 Å². The van der Waals surface area contributed by atoms with Crippen molar-refractivity contribution in [2.24, 2.45) is 0 Å². The van der Waals surface area contributed by atoms with Crippen LogP contribution in [0.25, 0.3) is 38.8 Å². The largest absolute Gasteiger partial charge is 0.457 e. The Morgan fingerprint density at radius 2 is 1.29 bits per heavy atom. The van der Waals surface area contributed by atoms with Crippen LogP contribution in [-0.4, -0.2) is 9.55 Å². The summed E-state index contributed by atoms with van der Waals surface area (Å²) in [5.74, 6) is 1.48. The summed E-state index contributed by atoms with van der Waals surface area (Å²) in [6.07, 6.45) is 1.84. The fourth-order valence-electron chi connectivity index (χ4n) is 6.83. The van der Waals surface area contributed by atoms with Gasteiger partial charge in [0.15, 0.2) is 0 Å². The van der Waals surface area contributed by atoms with Crippen LogP contribution >= 0.6 is 0 Å². The molecule has 49 heavy (non-hydrogen) atoms. The van der Waals surface area contributed by atoms with Crippen molar-refractivity contribution < 1.29 is 4.74 Å². The Morgan fingerprint density at radius 3 is 2.06 bits per heavy atom. The molecule has 0 amide bonds. The Morgan fingerprint density at radius 1 is 0.571 bits per heavy atom. The van der Waals surface area contributed by atoms with Crippen molar-refractivity contribution in [3.63, 3.8) is 0 Å². The summed E-state index contributed by atoms with van der Waals surface area (Å²) in [6, 6.07) is 50.1. The van der Waals surface area contributed by atoms with Gasteiger partial charge in [0, 0.05) is 45.7 Å². The zero-order valence-electron chi connectivity index (χ0n) is 27.7. The summed E-state index contributed by atoms with van der Waals surface area (Å²) >= 11 is 0. The lowest BCUT2D eigenvalue weighted by Gasteiger charge is -2.18. The van der Waals surface area contributed by atoms with E-state index in [1.165, 1.54) is 16.7 Å². The first-order chi connectivity index (χ1) is 24.0. The number of aromatic nitrogens is 2. The number of nitrogens with zero attached hydrogens (tertiary/aromatic N) is 2. The second-order valence-electron chi connectivity index (χ2n) is 12.5. The molecule has 0 saturated heterocycles. The van der Waals surface area contributed by atoms with Crippen LogP contribution in [0, 0.1) is 20.8 Å². The van der Waals surface area contributed by atoms with E-state index in [2.05, 4.69) is 139 Å². The number of para-hydroxylation sites is 4. The topological polar surface area (TPSA) is 51.1 Å². The molecule has 5 heteroatoms. The summed E-state index contributed by atoms with van der Waals surface area (Å²) in [5, 5.41) is 9.56. The van der Waals surface area contributed by atoms with Crippen LogP contribution < -0.4 is 15.4 Å². The lowest BCUT2D eigenvalue weighted by Crippen LogP contribution is -2.01. The molecule has 0 radical (unpaired) electrons. The van der Waals surface area contributed by atoms with Crippen molar-refractivity contribution in [1.82, 2.24) is 9.55 Å². The molecule has 2 aromatic heterocycles. The van der Waals surface area contributed by atoms with E-state index in [9.17, 15) is 0 Å². The monoisotopic (exact) mass is 636 g/mol. The predicted molar refractivity (Wildman–Crippen MR) is 204 cm³/mol. The Balaban J connectivity index is 1.18. The molecule has 0 aliphatic carbocycles. The van der Waals surface area contributed by atoms with E-state index in [-0.39, 0.29) is 0 Å². The van der Waals surface area contributed by atoms with Gasteiger partial charge in [-0.3, -0.25) is 4.98 Å². The third-order valence-electron chi connectivity index (χ3n) is 8.91. The van der Waals surface area contributed by atoms with Crippen LogP contribution in [-0.2, 0) is 0 Å². The van der Waals surface area contributed by atoms with Gasteiger partial charge in [-0.25, -0.2) is 0 Å². The van der Waals surface area contributed by atoms with Crippen LogP contribution in [0.2, 0.25) is 0 Å². The minimum atomic E-state index is 0.735. The molecule has 5 nitrogen and oxygen atoms in total. The Hall–Kier alpha value is -6.33. The number of fused-ring (bicyclic) bond motifs is 3. The first-order valence-corrected chi connectivity index (χ1v) is 16.5. The van der Waals surface area contributed by atoms with Gasteiger partial charge < -0.3 is 19.9 Å². The average molecular weight is 637 g/mol. The molecule has 6 aromatic carbocycles. The van der Waals surface area contributed by atoms with E-state index in [0.717, 1.165) is 73.0 Å². The van der Waals surface area contributed by atoms with E-state index in [1.54, 1.807) is 0 Å². The number of rotatable bonds is 8. The molecule has 0 spiro atoms. The Bertz CT molecular complexity index is 2430. The van der Waals surface area contributed by atoms with Gasteiger partial charge >= 0.3 is 0 Å². The van der Waals surface area contributed by atoms with Gasteiger partial charge in [-0.15, -0.1) is 0 Å². The number of aryl methyl sites for hydroxylation is 3. The number of ether oxygens (including phenoxy) is 1. The number of pyridine rings is 1. The summed E-state index contributed by atoms with van der Waals surface area (Å²) < 4.78 is 8.99. The Labute approximate surface area is 286 Å². The third-order valence-corrected chi connectivity index (χ3v) is 8.91. The average Bonchev–Trinajstić information content (AvgIpc) is 3.45. The van der Waals surface area contributed by atoms with E-state index in [0.29, 0.717) is 0 Å². The first-order valence-electron chi connectivity index (χ1n) is 16.5. The SMILES string of the molecule is Cc1cc(C)c(Nc2ccccc2Nc2cccc(Oc3cc(-c4ccccn4)c4c(c3)c3ccccc3n4-c3ccccc3)c2)c(C)c1. The van der Waals surface area contributed by atoms with Crippen molar-refractivity contribution in [1.29, 1.82) is 0 Å². The Kier molecular flexibility index (Phi) is 7.78. The van der Waals surface area contributed by atoms with Crippen LogP contribution in [0.1, 0.15) is 16.7 Å². The van der Waals surface area contributed by atoms with E-state index >= 15 is 0 Å². The second kappa shape index (κ2) is 12.7. The minimum Gasteiger partial charge on any atom is -0.457 e. The number of hydrogen-bond donors (Lipinski definition) is 2. The maximum atomic E-state index is 6.67. The molecule has 0 aliphatic heterocycles. The first kappa shape index (κ1) is 30.0. The maximum Gasteiger partial charge on any atom is 0.129 e. The van der Waals surface area contributed by atoms with E-state index in [1.807, 2.05) is 48.7 Å². The fraction of sp³-hybridized carbons (Fsp3) is 0.0682. The van der Waals surface area contributed by atoms with Gasteiger partial charge in [0.1, 0.15) is 11.5 Å². The second-order valence-corrected chi connectivity index (χ2v) is 12.5. The smallest absolute Gasteiger partial charge is 0.129 e. The maximum absolute atomic E-state index is 6.67. The molecule has 0 aliphatic rings. The molecule has 0 atom stereocenters. The number of nitrogens with one attached hydrogen (secondary N) is 2. The molecule has 8 aromatic rings. The standard InChI is InChI=1S/C44H36N4O/c1-29-24-30(2)43(31(3)25-29)47-41-21-9-8-20-40(41)46-32-14-13-17-34(26-32)49-35-27-37-36-18-7-10-22-42(36)48(33-15-5-4-6-16-33)44(37)38(28-35)39-19-11-12-23-45-39/h4-28,46-47H,1-3H3. The zero-order valence-corrected chi connectivity index (χ0v) is 27.7. The highest BCUT2D eigenvalue weighted by Crippen LogP contribution is 2.41. The summed E-state index contributed by atoms with van der Waals surface area (Å²) in [7, 11) is 0. The highest BCUT2D eigenvalue weighted by atomic mass is 16.5. The van der Waals surface area contributed by atoms with Crippen LogP contribution in [0.15, 0.2) is 152 Å². The number of hydrogen-bond acceptors (Lipinski definition) is 4. The summed E-state index contributed by atoms with van der Waals surface area (Å²) in [4.78, 5) is 4.78. The fourth-order valence-corrected chi connectivity index (χ4v) is 6.83. The molecule has 0 bridgehead atoms. The van der Waals surface area contributed by atoms with Gasteiger partial charge in [-0.05, 0) is 98.6 Å². The van der Waals surface area contributed by atoms with Gasteiger partial charge in [-0.2, -0.15) is 0 Å². The summed E-state index contributed by atoms with van der Waals surface area (Å²) in [5.41, 5.74) is 13.0. The minimum absolute atomic E-state index is 0.735. The van der Waals surface area contributed by atoms with Crippen LogP contribution in [0.5, 0.6) is 11.5 Å². The van der Waals surface area contributed by atoms with E-state index in [4.69, 9.17) is 9.72 Å². The summed E-state index contributed by atoms with van der Waals surface area (Å²) in [6.45, 7) is 6.43. The molecular weight excluding hydrogens is 601 g/mol. The van der Waals surface area contributed by atoms with Gasteiger partial charge in [-0.1, -0.05) is 78.4 Å². The molecule has 0 unspecified atom stereocenters. The lowest BCUT2D eigenvalue weighted by atomic mass is 10.0. The van der Waals surface area contributed by atoms with Crippen molar-refractivity contribution >= 4 is 44.6 Å². The third kappa shape index (κ3) is 5.87. The zero-order chi connectivity index (χ0) is 33.3. The van der Waals surface area contributed by atoms with Crippen molar-refractivity contribution in [3.05, 3.63) is 168 Å². The molecule has 8 rings (SSSR count). The number of benzene rings is 6.